The molecule has 3 N–H and O–H groups in total. The quantitative estimate of drug-likeness (QED) is 0.793. The summed E-state index contributed by atoms with van der Waals surface area (Å²) in [6, 6.07) is 5.33. The molecule has 0 heterocycles. The van der Waals surface area contributed by atoms with Gasteiger partial charge in [-0.3, -0.25) is 4.79 Å². The van der Waals surface area contributed by atoms with Crippen molar-refractivity contribution in [3.8, 4) is 5.75 Å². The third kappa shape index (κ3) is 5.48. The molecule has 20 heavy (non-hydrogen) atoms. The number of hydrogen-bond acceptors (Lipinski definition) is 4. The van der Waals surface area contributed by atoms with Crippen molar-refractivity contribution in [3.63, 3.8) is 0 Å². The lowest BCUT2D eigenvalue weighted by Gasteiger charge is -2.16. The predicted molar refractivity (Wildman–Crippen MR) is 81.7 cm³/mol. The van der Waals surface area contributed by atoms with Crippen LogP contribution in [0.15, 0.2) is 22.7 Å². The molecule has 6 heteroatoms. The minimum Gasteiger partial charge on any atom is -0.483 e. The van der Waals surface area contributed by atoms with Crippen LogP contribution in [0.3, 0.4) is 0 Å². The van der Waals surface area contributed by atoms with Crippen LogP contribution in [0.25, 0.3) is 0 Å². The molecule has 2 atom stereocenters. The van der Waals surface area contributed by atoms with Gasteiger partial charge in [-0.1, -0.05) is 15.9 Å². The normalized spacial score (nSPS) is 13.7. The highest BCUT2D eigenvalue weighted by molar-refractivity contribution is 9.10. The van der Waals surface area contributed by atoms with Crippen LogP contribution in [0.1, 0.15) is 25.5 Å². The zero-order chi connectivity index (χ0) is 15.1. The monoisotopic (exact) mass is 344 g/mol. The van der Waals surface area contributed by atoms with E-state index in [1.165, 1.54) is 0 Å². The van der Waals surface area contributed by atoms with Gasteiger partial charge in [0, 0.05) is 29.2 Å². The Labute approximate surface area is 127 Å². The van der Waals surface area contributed by atoms with Crippen molar-refractivity contribution in [2.24, 2.45) is 5.73 Å². The number of methoxy groups -OCH3 is 1. The maximum atomic E-state index is 11.7. The van der Waals surface area contributed by atoms with Crippen molar-refractivity contribution in [1.82, 2.24) is 5.32 Å². The predicted octanol–water partition coefficient (Wildman–Crippen LogP) is 2.00. The fourth-order valence-electron chi connectivity index (χ4n) is 1.76. The highest BCUT2D eigenvalue weighted by Crippen LogP contribution is 2.27. The second-order valence-electron chi connectivity index (χ2n) is 4.68. The van der Waals surface area contributed by atoms with Crippen molar-refractivity contribution in [2.45, 2.75) is 25.9 Å². The molecule has 1 amide bonds. The Morgan fingerprint density at radius 3 is 2.75 bits per heavy atom. The number of rotatable bonds is 7. The molecule has 1 aromatic carbocycles. The number of nitrogens with two attached hydrogens (primary N) is 1. The lowest BCUT2D eigenvalue weighted by molar-refractivity contribution is -0.124. The summed E-state index contributed by atoms with van der Waals surface area (Å²) >= 11 is 3.39. The van der Waals surface area contributed by atoms with Crippen molar-refractivity contribution in [1.29, 1.82) is 0 Å². The van der Waals surface area contributed by atoms with E-state index in [4.69, 9.17) is 15.2 Å². The van der Waals surface area contributed by atoms with Crippen LogP contribution in [0.4, 0.5) is 0 Å². The molecule has 1 aromatic rings. The Hall–Kier alpha value is -1.11. The average molecular weight is 345 g/mol. The van der Waals surface area contributed by atoms with E-state index < -0.39 is 0 Å². The van der Waals surface area contributed by atoms with Crippen molar-refractivity contribution >= 4 is 21.8 Å². The first kappa shape index (κ1) is 16.9. The Bertz CT molecular complexity index is 452. The lowest BCUT2D eigenvalue weighted by Crippen LogP contribution is -2.38. The number of carbonyl (C=O) groups excluding carboxylic acids is 1. The van der Waals surface area contributed by atoms with Crippen molar-refractivity contribution in [2.75, 3.05) is 20.3 Å². The van der Waals surface area contributed by atoms with Crippen molar-refractivity contribution in [3.05, 3.63) is 28.2 Å². The Balaban J connectivity index is 2.59. The van der Waals surface area contributed by atoms with Crippen LogP contribution in [-0.2, 0) is 9.53 Å². The smallest absolute Gasteiger partial charge is 0.258 e. The fraction of sp³-hybridized carbons (Fsp3) is 0.500. The summed E-state index contributed by atoms with van der Waals surface area (Å²) in [7, 11) is 1.59. The third-order valence-corrected chi connectivity index (χ3v) is 3.14. The molecule has 0 spiro atoms. The third-order valence-electron chi connectivity index (χ3n) is 2.65. The summed E-state index contributed by atoms with van der Waals surface area (Å²) in [6.45, 7) is 4.16. The van der Waals surface area contributed by atoms with Gasteiger partial charge in [-0.2, -0.15) is 0 Å². The van der Waals surface area contributed by atoms with Crippen LogP contribution in [0.2, 0.25) is 0 Å². The molecule has 0 aliphatic heterocycles. The summed E-state index contributed by atoms with van der Waals surface area (Å²) in [5.41, 5.74) is 6.75. The van der Waals surface area contributed by atoms with Gasteiger partial charge in [-0.25, -0.2) is 0 Å². The Morgan fingerprint density at radius 1 is 1.45 bits per heavy atom. The van der Waals surface area contributed by atoms with Gasteiger partial charge >= 0.3 is 0 Å². The average Bonchev–Trinajstić information content (AvgIpc) is 2.37. The summed E-state index contributed by atoms with van der Waals surface area (Å²) in [5, 5.41) is 2.78. The van der Waals surface area contributed by atoms with E-state index in [9.17, 15) is 4.79 Å². The van der Waals surface area contributed by atoms with Gasteiger partial charge in [0.05, 0.1) is 6.61 Å². The van der Waals surface area contributed by atoms with Gasteiger partial charge in [0.25, 0.3) is 5.91 Å². The molecule has 0 saturated heterocycles. The molecule has 0 aliphatic rings. The first-order valence-electron chi connectivity index (χ1n) is 6.40. The minimum atomic E-state index is -0.187. The minimum absolute atomic E-state index is 0.0462. The number of ether oxygens (including phenoxy) is 2. The second kappa shape index (κ2) is 8.24. The number of nitrogens with one attached hydrogen (secondary N) is 1. The van der Waals surface area contributed by atoms with Gasteiger partial charge < -0.3 is 20.5 Å². The molecule has 0 saturated carbocycles. The van der Waals surface area contributed by atoms with Crippen LogP contribution in [-0.4, -0.2) is 32.3 Å². The van der Waals surface area contributed by atoms with Crippen LogP contribution in [0.5, 0.6) is 5.75 Å². The van der Waals surface area contributed by atoms with Gasteiger partial charge in [-0.05, 0) is 32.0 Å². The topological polar surface area (TPSA) is 73.6 Å². The van der Waals surface area contributed by atoms with E-state index in [-0.39, 0.29) is 24.6 Å². The largest absolute Gasteiger partial charge is 0.483 e. The summed E-state index contributed by atoms with van der Waals surface area (Å²) < 4.78 is 11.4. The molecule has 112 valence electrons. The molecular formula is C14H21BrN2O3. The molecule has 1 unspecified atom stereocenters. The summed E-state index contributed by atoms with van der Waals surface area (Å²) in [4.78, 5) is 11.7. The van der Waals surface area contributed by atoms with Gasteiger partial charge in [0.2, 0.25) is 0 Å². The van der Waals surface area contributed by atoms with E-state index in [0.717, 1.165) is 10.0 Å². The fourth-order valence-corrected chi connectivity index (χ4v) is 2.14. The van der Waals surface area contributed by atoms with Gasteiger partial charge in [0.1, 0.15) is 5.75 Å². The number of benzene rings is 1. The summed E-state index contributed by atoms with van der Waals surface area (Å²) in [6.07, 6.45) is 0. The first-order chi connectivity index (χ1) is 9.43. The molecule has 0 bridgehead atoms. The standard InChI is InChI=1S/C14H21BrN2O3/c1-9(7-19-3)17-14(18)8-20-13-5-4-11(15)6-12(13)10(2)16/h4-6,9-10H,7-8,16H2,1-3H3,(H,17,18)/t9?,10-/m0/s1. The van der Waals surface area contributed by atoms with E-state index in [1.807, 2.05) is 26.0 Å². The van der Waals surface area contributed by atoms with Crippen molar-refractivity contribution < 1.29 is 14.3 Å². The number of amides is 1. The maximum absolute atomic E-state index is 11.7. The van der Waals surface area contributed by atoms with Crippen LogP contribution >= 0.6 is 15.9 Å². The lowest BCUT2D eigenvalue weighted by atomic mass is 10.1. The first-order valence-corrected chi connectivity index (χ1v) is 7.19. The second-order valence-corrected chi connectivity index (χ2v) is 5.60. The Kier molecular flexibility index (Phi) is 6.98. The van der Waals surface area contributed by atoms with E-state index in [1.54, 1.807) is 13.2 Å². The molecule has 0 radical (unpaired) electrons. The number of carbonyl (C=O) groups is 1. The van der Waals surface area contributed by atoms with E-state index >= 15 is 0 Å². The highest BCUT2D eigenvalue weighted by atomic mass is 79.9. The number of hydrogen-bond donors (Lipinski definition) is 2. The molecule has 0 aromatic heterocycles. The molecule has 5 nitrogen and oxygen atoms in total. The zero-order valence-corrected chi connectivity index (χ0v) is 13.6. The maximum Gasteiger partial charge on any atom is 0.258 e. The SMILES string of the molecule is COCC(C)NC(=O)COc1ccc(Br)cc1[C@H](C)N. The van der Waals surface area contributed by atoms with E-state index in [0.29, 0.717) is 12.4 Å². The van der Waals surface area contributed by atoms with Gasteiger partial charge in [0.15, 0.2) is 6.61 Å². The van der Waals surface area contributed by atoms with E-state index in [2.05, 4.69) is 21.2 Å². The highest BCUT2D eigenvalue weighted by Gasteiger charge is 2.12. The zero-order valence-electron chi connectivity index (χ0n) is 12.0. The van der Waals surface area contributed by atoms with Gasteiger partial charge in [-0.15, -0.1) is 0 Å². The Morgan fingerprint density at radius 2 is 2.15 bits per heavy atom. The van der Waals surface area contributed by atoms with Crippen LogP contribution < -0.4 is 15.8 Å². The molecular weight excluding hydrogens is 324 g/mol. The number of halogens is 1. The molecule has 0 fully saturated rings. The van der Waals surface area contributed by atoms with Crippen LogP contribution in [0, 0.1) is 0 Å². The summed E-state index contributed by atoms with van der Waals surface area (Å²) in [5.74, 6) is 0.436. The molecule has 1 rings (SSSR count). The molecule has 0 aliphatic carbocycles.